The van der Waals surface area contributed by atoms with E-state index in [0.29, 0.717) is 9.92 Å². The Morgan fingerprint density at radius 3 is 2.39 bits per heavy atom. The first-order valence-corrected chi connectivity index (χ1v) is 12.0. The number of carbonyl (C=O) groups is 3. The van der Waals surface area contributed by atoms with Gasteiger partial charge in [0.15, 0.2) is 29.1 Å². The lowest BCUT2D eigenvalue weighted by molar-refractivity contribution is -0.164. The maximum atomic E-state index is 12.0. The van der Waals surface area contributed by atoms with E-state index in [-0.39, 0.29) is 33.2 Å². The van der Waals surface area contributed by atoms with Crippen LogP contribution >= 0.6 is 47.2 Å². The van der Waals surface area contributed by atoms with E-state index in [0.717, 1.165) is 18.0 Å². The van der Waals surface area contributed by atoms with Crippen LogP contribution in [0.15, 0.2) is 44.0 Å². The number of hydrogen-bond acceptors (Lipinski definition) is 12. The van der Waals surface area contributed by atoms with Crippen molar-refractivity contribution >= 4 is 82.0 Å². The van der Waals surface area contributed by atoms with Crippen LogP contribution in [0.3, 0.4) is 0 Å². The Kier molecular flexibility index (Phi) is 11.0. The van der Waals surface area contributed by atoms with Crippen LogP contribution in [0.2, 0.25) is 10.0 Å². The van der Waals surface area contributed by atoms with E-state index in [2.05, 4.69) is 10.1 Å². The van der Waals surface area contributed by atoms with E-state index in [1.165, 1.54) is 20.8 Å². The highest BCUT2D eigenvalue weighted by molar-refractivity contribution is 8.03. The summed E-state index contributed by atoms with van der Waals surface area (Å²) in [4.78, 5) is 40.2. The van der Waals surface area contributed by atoms with Crippen molar-refractivity contribution in [2.75, 3.05) is 6.61 Å². The topological polar surface area (TPSA) is 165 Å². The Morgan fingerprint density at radius 2 is 1.86 bits per heavy atom. The summed E-state index contributed by atoms with van der Waals surface area (Å²) in [6.07, 6.45) is -1.11. The van der Waals surface area contributed by atoms with Crippen LogP contribution in [0, 0.1) is 0 Å². The predicted octanol–water partition coefficient (Wildman–Crippen LogP) is 2.75. The molecule has 1 aliphatic rings. The average molecular weight is 577 g/mol. The Bertz CT molecular complexity index is 1140. The van der Waals surface area contributed by atoms with Crippen LogP contribution in [-0.2, 0) is 33.3 Å². The first-order valence-electron chi connectivity index (χ1n) is 10.1. The third-order valence-corrected chi connectivity index (χ3v) is 6.18. The van der Waals surface area contributed by atoms with Gasteiger partial charge in [0, 0.05) is 25.7 Å². The number of hydrogen-bond donors (Lipinski definition) is 2. The lowest BCUT2D eigenvalue weighted by Gasteiger charge is -2.36. The van der Waals surface area contributed by atoms with Crippen molar-refractivity contribution in [2.24, 2.45) is 21.7 Å². The van der Waals surface area contributed by atoms with E-state index in [1.807, 2.05) is 0 Å². The molecular weight excluding hydrogens is 555 g/mol. The summed E-state index contributed by atoms with van der Waals surface area (Å²) in [7, 11) is 0. The summed E-state index contributed by atoms with van der Waals surface area (Å²) in [5, 5.41) is 4.13. The fourth-order valence-corrected chi connectivity index (χ4v) is 4.27. The van der Waals surface area contributed by atoms with Gasteiger partial charge in [0.25, 0.3) is 0 Å². The molecule has 2 unspecified atom stereocenters. The van der Waals surface area contributed by atoms with Gasteiger partial charge >= 0.3 is 17.9 Å². The number of nitrogens with two attached hydrogens (primary N) is 2. The third kappa shape index (κ3) is 8.36. The number of ether oxygens (including phenoxy) is 4. The highest BCUT2D eigenvalue weighted by Crippen LogP contribution is 2.40. The summed E-state index contributed by atoms with van der Waals surface area (Å²) < 4.78 is 22.0. The van der Waals surface area contributed by atoms with Crippen molar-refractivity contribution in [3.8, 4) is 0 Å². The molecule has 11 nitrogen and oxygen atoms in total. The Morgan fingerprint density at radius 1 is 1.17 bits per heavy atom. The van der Waals surface area contributed by atoms with E-state index >= 15 is 0 Å². The molecule has 0 spiro atoms. The first-order chi connectivity index (χ1) is 16.9. The number of rotatable bonds is 9. The molecule has 36 heavy (non-hydrogen) atoms. The summed E-state index contributed by atoms with van der Waals surface area (Å²) in [5.74, 6) is 3.23. The highest BCUT2D eigenvalue weighted by Gasteiger charge is 2.45. The van der Waals surface area contributed by atoms with E-state index in [4.69, 9.17) is 65.9 Å². The molecule has 4 N–H and O–H groups in total. The molecule has 0 aliphatic carbocycles. The van der Waals surface area contributed by atoms with Gasteiger partial charge in [0.2, 0.25) is 0 Å². The smallest absolute Gasteiger partial charge is 0.307 e. The molecule has 1 aromatic carbocycles. The molecule has 0 amide bonds. The molecule has 0 radical (unpaired) electrons. The van der Waals surface area contributed by atoms with Gasteiger partial charge in [-0.3, -0.25) is 19.4 Å². The molecule has 1 aromatic rings. The SMILES string of the molecule is CC(=O)OCC1OC(Sc2ccc(Cl)c(Cl)c2)=C(OC(C)=O)C(N=CC(=NN)C(N)=S)[C@H]1OC(C)=O. The number of aliphatic imine (C=N–C) groups is 1. The van der Waals surface area contributed by atoms with Crippen LogP contribution in [-0.4, -0.2) is 59.7 Å². The number of benzene rings is 1. The normalized spacial score (nSPS) is 20.0. The zero-order valence-electron chi connectivity index (χ0n) is 19.2. The number of carbonyl (C=O) groups excluding carboxylic acids is 3. The zero-order chi connectivity index (χ0) is 27.0. The van der Waals surface area contributed by atoms with Crippen molar-refractivity contribution in [3.63, 3.8) is 0 Å². The van der Waals surface area contributed by atoms with Gasteiger partial charge in [-0.1, -0.05) is 35.4 Å². The second-order valence-corrected chi connectivity index (χ2v) is 9.36. The number of halogens is 2. The molecule has 0 aromatic heterocycles. The lowest BCUT2D eigenvalue weighted by atomic mass is 10.0. The number of thiocarbonyl (C=S) groups is 1. The lowest BCUT2D eigenvalue weighted by Crippen LogP contribution is -2.49. The van der Waals surface area contributed by atoms with Crippen molar-refractivity contribution in [1.82, 2.24) is 0 Å². The Balaban J connectivity index is 2.68. The standard InChI is InChI=1S/C21H22Cl2N4O7S2/c1-9(28)31-8-16-18(32-10(2)29)17(26-7-15(27-25)20(24)35)19(33-11(3)30)21(34-16)36-12-4-5-13(22)14(23)6-12/h4-7,16-18H,8,25H2,1-3H3,(H2,24,35)/t16?,17?,18-/m0/s1. The minimum Gasteiger partial charge on any atom is -0.473 e. The van der Waals surface area contributed by atoms with E-state index < -0.39 is 36.2 Å². The maximum absolute atomic E-state index is 12.0. The summed E-state index contributed by atoms with van der Waals surface area (Å²) in [6, 6.07) is 3.62. The van der Waals surface area contributed by atoms with Gasteiger partial charge in [-0.15, -0.1) is 0 Å². The number of nitrogens with zero attached hydrogens (tertiary/aromatic N) is 2. The molecule has 1 heterocycles. The zero-order valence-corrected chi connectivity index (χ0v) is 22.4. The van der Waals surface area contributed by atoms with Crippen molar-refractivity contribution in [1.29, 1.82) is 0 Å². The van der Waals surface area contributed by atoms with Gasteiger partial charge in [0.1, 0.15) is 17.3 Å². The van der Waals surface area contributed by atoms with Crippen molar-refractivity contribution < 1.29 is 33.3 Å². The fraction of sp³-hybridized carbons (Fsp3) is 0.333. The predicted molar refractivity (Wildman–Crippen MR) is 139 cm³/mol. The number of esters is 3. The first kappa shape index (κ1) is 29.4. The van der Waals surface area contributed by atoms with Crippen LogP contribution in [0.4, 0.5) is 0 Å². The van der Waals surface area contributed by atoms with Gasteiger partial charge in [-0.2, -0.15) is 5.10 Å². The maximum Gasteiger partial charge on any atom is 0.307 e. The summed E-state index contributed by atoms with van der Waals surface area (Å²) in [5.41, 5.74) is 5.55. The van der Waals surface area contributed by atoms with Crippen LogP contribution in [0.5, 0.6) is 0 Å². The minimum atomic E-state index is -1.20. The molecule has 0 fully saturated rings. The van der Waals surface area contributed by atoms with Crippen LogP contribution in [0.25, 0.3) is 0 Å². The molecule has 0 saturated carbocycles. The summed E-state index contributed by atoms with van der Waals surface area (Å²) >= 11 is 18.0. The molecule has 1 aliphatic heterocycles. The highest BCUT2D eigenvalue weighted by atomic mass is 35.5. The van der Waals surface area contributed by atoms with Gasteiger partial charge in [0.05, 0.1) is 16.3 Å². The van der Waals surface area contributed by atoms with Gasteiger partial charge in [-0.25, -0.2) is 0 Å². The molecule has 194 valence electrons. The quantitative estimate of drug-likeness (QED) is 0.111. The molecule has 0 bridgehead atoms. The second kappa shape index (κ2) is 13.4. The molecule has 2 rings (SSSR count). The van der Waals surface area contributed by atoms with E-state index in [9.17, 15) is 14.4 Å². The third-order valence-electron chi connectivity index (χ3n) is 4.26. The molecule has 15 heteroatoms. The molecular formula is C21H22Cl2N4O7S2. The van der Waals surface area contributed by atoms with Gasteiger partial charge in [-0.05, 0) is 30.0 Å². The van der Waals surface area contributed by atoms with Crippen molar-refractivity contribution in [3.05, 3.63) is 39.1 Å². The monoisotopic (exact) mass is 576 g/mol. The number of thioether (sulfide) groups is 1. The van der Waals surface area contributed by atoms with Gasteiger partial charge < -0.3 is 30.5 Å². The Hall–Kier alpha value is -2.87. The fourth-order valence-electron chi connectivity index (χ4n) is 2.84. The second-order valence-electron chi connectivity index (χ2n) is 7.06. The van der Waals surface area contributed by atoms with Crippen LogP contribution < -0.4 is 11.6 Å². The summed E-state index contributed by atoms with van der Waals surface area (Å²) in [6.45, 7) is 3.23. The molecule has 3 atom stereocenters. The molecule has 0 saturated heterocycles. The number of hydrazone groups is 1. The van der Waals surface area contributed by atoms with Crippen LogP contribution in [0.1, 0.15) is 20.8 Å². The van der Waals surface area contributed by atoms with Crippen molar-refractivity contribution in [2.45, 2.75) is 43.9 Å². The largest absolute Gasteiger partial charge is 0.473 e. The Labute approximate surface area is 226 Å². The average Bonchev–Trinajstić information content (AvgIpc) is 2.77. The minimum absolute atomic E-state index is 0.0459. The van der Waals surface area contributed by atoms with E-state index in [1.54, 1.807) is 18.2 Å².